The molecule has 12 heteroatoms. The molecule has 0 saturated carbocycles. The molecule has 0 bridgehead atoms. The molecule has 5 rings (SSSR count). The number of anilines is 1. The van der Waals surface area contributed by atoms with Crippen LogP contribution in [0, 0.1) is 12.7 Å². The molecule has 2 aromatic carbocycles. The van der Waals surface area contributed by atoms with Crippen molar-refractivity contribution in [2.45, 2.75) is 36.7 Å². The molecule has 1 N–H and O–H groups in total. The lowest BCUT2D eigenvalue weighted by Crippen LogP contribution is -2.48. The zero-order chi connectivity index (χ0) is 28.2. The standard InChI is InChI=1S/C28H31FN6O4S/c1-17-12-24(35-27(30-17)32-28(33-35)40-16-18-7-9-20(29)10-8-18)34-11-5-6-21(15-34)31-26(36)19-13-22(37-2)25(39-4)23(14-19)38-3/h7-10,12-14,21H,5-6,11,15-16H2,1-4H3,(H,31,36). The number of amides is 1. The highest BCUT2D eigenvalue weighted by atomic mass is 32.2. The molecule has 2 aromatic heterocycles. The molecule has 40 heavy (non-hydrogen) atoms. The second-order valence-electron chi connectivity index (χ2n) is 9.45. The molecule has 3 heterocycles. The van der Waals surface area contributed by atoms with Crippen LogP contribution in [0.1, 0.15) is 34.5 Å². The monoisotopic (exact) mass is 566 g/mol. The van der Waals surface area contributed by atoms with Gasteiger partial charge in [-0.25, -0.2) is 9.37 Å². The lowest BCUT2D eigenvalue weighted by molar-refractivity contribution is 0.0932. The number of piperidine rings is 1. The first-order valence-electron chi connectivity index (χ1n) is 12.9. The minimum Gasteiger partial charge on any atom is -0.493 e. The maximum Gasteiger partial charge on any atom is 0.255 e. The Bertz CT molecular complexity index is 1490. The summed E-state index contributed by atoms with van der Waals surface area (Å²) in [5.41, 5.74) is 2.23. The Morgan fingerprint density at radius 1 is 1.07 bits per heavy atom. The van der Waals surface area contributed by atoms with Gasteiger partial charge in [0, 0.05) is 42.2 Å². The second-order valence-corrected chi connectivity index (χ2v) is 10.4. The number of thioether (sulfide) groups is 1. The van der Waals surface area contributed by atoms with Gasteiger partial charge in [0.15, 0.2) is 11.5 Å². The van der Waals surface area contributed by atoms with Crippen LogP contribution in [0.25, 0.3) is 5.78 Å². The van der Waals surface area contributed by atoms with Crippen molar-refractivity contribution in [1.82, 2.24) is 24.9 Å². The van der Waals surface area contributed by atoms with Crippen LogP contribution in [0.5, 0.6) is 17.2 Å². The van der Waals surface area contributed by atoms with Crippen molar-refractivity contribution in [3.63, 3.8) is 0 Å². The highest BCUT2D eigenvalue weighted by Crippen LogP contribution is 2.38. The quantitative estimate of drug-likeness (QED) is 0.297. The zero-order valence-corrected chi connectivity index (χ0v) is 23.6. The summed E-state index contributed by atoms with van der Waals surface area (Å²) in [5, 5.41) is 8.46. The largest absolute Gasteiger partial charge is 0.493 e. The van der Waals surface area contributed by atoms with E-state index in [0.717, 1.165) is 36.5 Å². The van der Waals surface area contributed by atoms with Crippen LogP contribution in [-0.2, 0) is 5.75 Å². The van der Waals surface area contributed by atoms with Crippen molar-refractivity contribution >= 4 is 29.3 Å². The van der Waals surface area contributed by atoms with Crippen LogP contribution < -0.4 is 24.4 Å². The van der Waals surface area contributed by atoms with E-state index in [2.05, 4.69) is 20.2 Å². The zero-order valence-electron chi connectivity index (χ0n) is 22.8. The summed E-state index contributed by atoms with van der Waals surface area (Å²) in [6.07, 6.45) is 1.74. The lowest BCUT2D eigenvalue weighted by Gasteiger charge is -2.34. The number of halogens is 1. The van der Waals surface area contributed by atoms with Gasteiger partial charge in [0.1, 0.15) is 11.6 Å². The van der Waals surface area contributed by atoms with Crippen molar-refractivity contribution < 1.29 is 23.4 Å². The number of carbonyl (C=O) groups excluding carboxylic acids is 1. The average molecular weight is 567 g/mol. The van der Waals surface area contributed by atoms with Gasteiger partial charge in [0.2, 0.25) is 10.9 Å². The van der Waals surface area contributed by atoms with E-state index in [4.69, 9.17) is 19.3 Å². The predicted molar refractivity (Wildman–Crippen MR) is 150 cm³/mol. The van der Waals surface area contributed by atoms with E-state index in [1.807, 2.05) is 13.0 Å². The summed E-state index contributed by atoms with van der Waals surface area (Å²) in [4.78, 5) is 24.6. The van der Waals surface area contributed by atoms with Gasteiger partial charge in [-0.15, -0.1) is 5.10 Å². The number of hydrogen-bond acceptors (Lipinski definition) is 9. The van der Waals surface area contributed by atoms with Gasteiger partial charge in [0.05, 0.1) is 21.3 Å². The fourth-order valence-corrected chi connectivity index (χ4v) is 5.52. The Morgan fingerprint density at radius 2 is 1.80 bits per heavy atom. The molecule has 1 unspecified atom stereocenters. The third-order valence-corrected chi connectivity index (χ3v) is 7.60. The number of ether oxygens (including phenoxy) is 3. The summed E-state index contributed by atoms with van der Waals surface area (Å²) in [6.45, 7) is 3.34. The molecule has 4 aromatic rings. The van der Waals surface area contributed by atoms with E-state index in [1.54, 1.807) is 28.8 Å². The number of methoxy groups -OCH3 is 3. The summed E-state index contributed by atoms with van der Waals surface area (Å²) in [5.74, 6) is 2.80. The van der Waals surface area contributed by atoms with E-state index in [0.29, 0.717) is 46.0 Å². The van der Waals surface area contributed by atoms with Crippen LogP contribution in [0.4, 0.5) is 10.2 Å². The number of aryl methyl sites for hydroxylation is 1. The number of carbonyl (C=O) groups is 1. The molecule has 210 valence electrons. The Hall–Kier alpha value is -4.06. The third-order valence-electron chi connectivity index (χ3n) is 6.69. The van der Waals surface area contributed by atoms with Crippen molar-refractivity contribution in [3.8, 4) is 17.2 Å². The van der Waals surface area contributed by atoms with Crippen LogP contribution in [0.15, 0.2) is 47.6 Å². The highest BCUT2D eigenvalue weighted by molar-refractivity contribution is 7.98. The van der Waals surface area contributed by atoms with E-state index in [-0.39, 0.29) is 17.8 Å². The van der Waals surface area contributed by atoms with Gasteiger partial charge < -0.3 is 24.4 Å². The highest BCUT2D eigenvalue weighted by Gasteiger charge is 2.26. The smallest absolute Gasteiger partial charge is 0.255 e. The molecular formula is C28H31FN6O4S. The van der Waals surface area contributed by atoms with E-state index in [1.165, 1.54) is 45.2 Å². The van der Waals surface area contributed by atoms with Gasteiger partial charge in [-0.2, -0.15) is 9.50 Å². The minimum absolute atomic E-state index is 0.0836. The predicted octanol–water partition coefficient (Wildman–Crippen LogP) is 4.29. The Morgan fingerprint density at radius 3 is 2.48 bits per heavy atom. The lowest BCUT2D eigenvalue weighted by atomic mass is 10.0. The van der Waals surface area contributed by atoms with Crippen LogP contribution >= 0.6 is 11.8 Å². The molecule has 0 radical (unpaired) electrons. The average Bonchev–Trinajstić information content (AvgIpc) is 3.38. The summed E-state index contributed by atoms with van der Waals surface area (Å²) in [6, 6.07) is 11.6. The molecule has 0 aliphatic carbocycles. The maximum absolute atomic E-state index is 13.2. The van der Waals surface area contributed by atoms with Gasteiger partial charge in [-0.1, -0.05) is 23.9 Å². The Kier molecular flexibility index (Phi) is 8.24. The Balaban J connectivity index is 1.32. The first kappa shape index (κ1) is 27.5. The summed E-state index contributed by atoms with van der Waals surface area (Å²) >= 11 is 1.47. The molecule has 1 aliphatic heterocycles. The van der Waals surface area contributed by atoms with Crippen molar-refractivity contribution in [3.05, 3.63) is 65.1 Å². The first-order valence-corrected chi connectivity index (χ1v) is 13.8. The van der Waals surface area contributed by atoms with E-state index < -0.39 is 0 Å². The first-order chi connectivity index (χ1) is 19.4. The van der Waals surface area contributed by atoms with Crippen molar-refractivity contribution in [1.29, 1.82) is 0 Å². The fraction of sp³-hybridized carbons (Fsp3) is 0.357. The molecule has 1 aliphatic rings. The number of aromatic nitrogens is 4. The summed E-state index contributed by atoms with van der Waals surface area (Å²) in [7, 11) is 4.56. The molecule has 1 amide bonds. The Labute approximate surface area is 235 Å². The molecular weight excluding hydrogens is 535 g/mol. The topological polar surface area (TPSA) is 103 Å². The normalized spacial score (nSPS) is 15.2. The molecule has 0 spiro atoms. The van der Waals surface area contributed by atoms with Crippen LogP contribution in [-0.4, -0.2) is 65.9 Å². The van der Waals surface area contributed by atoms with Gasteiger partial charge in [-0.05, 0) is 49.6 Å². The molecule has 1 fully saturated rings. The van der Waals surface area contributed by atoms with Crippen molar-refractivity contribution in [2.75, 3.05) is 39.3 Å². The SMILES string of the molecule is COc1cc(C(=O)NC2CCCN(c3cc(C)nc4nc(SCc5ccc(F)cc5)nn34)C2)cc(OC)c1OC. The van der Waals surface area contributed by atoms with Crippen LogP contribution in [0.2, 0.25) is 0 Å². The number of fused-ring (bicyclic) bond motifs is 1. The molecule has 10 nitrogen and oxygen atoms in total. The van der Waals surface area contributed by atoms with Crippen LogP contribution in [0.3, 0.4) is 0 Å². The second kappa shape index (κ2) is 12.0. The third kappa shape index (κ3) is 5.91. The molecule has 1 saturated heterocycles. The minimum atomic E-state index is -0.261. The maximum atomic E-state index is 13.2. The van der Waals surface area contributed by atoms with E-state index >= 15 is 0 Å². The number of benzene rings is 2. The molecule has 1 atom stereocenters. The fourth-order valence-electron chi connectivity index (χ4n) is 4.75. The van der Waals surface area contributed by atoms with Crippen molar-refractivity contribution in [2.24, 2.45) is 0 Å². The number of nitrogens with one attached hydrogen (secondary N) is 1. The number of hydrogen-bond donors (Lipinski definition) is 1. The summed E-state index contributed by atoms with van der Waals surface area (Å²) < 4.78 is 31.2. The number of nitrogens with zero attached hydrogens (tertiary/aromatic N) is 5. The van der Waals surface area contributed by atoms with Gasteiger partial charge in [0.25, 0.3) is 11.7 Å². The van der Waals surface area contributed by atoms with Gasteiger partial charge >= 0.3 is 0 Å². The number of rotatable bonds is 9. The van der Waals surface area contributed by atoms with Gasteiger partial charge in [-0.3, -0.25) is 4.79 Å². The van der Waals surface area contributed by atoms with E-state index in [9.17, 15) is 9.18 Å².